The maximum absolute atomic E-state index is 12.0. The van der Waals surface area contributed by atoms with Gasteiger partial charge >= 0.3 is 0 Å². The third-order valence-corrected chi connectivity index (χ3v) is 6.74. The van der Waals surface area contributed by atoms with Crippen LogP contribution in [0.3, 0.4) is 0 Å². The highest BCUT2D eigenvalue weighted by Crippen LogP contribution is 2.20. The SMILES string of the molecule is CCc1nsc(N2CCN(C(=NC)NCc3ccccc3CN3CCCC3=O)CC2)n1. The molecule has 3 heterocycles. The standard InChI is InChI=1S/C22H31N7OS/c1-3-19-25-22(31-26-19)28-13-11-27(12-14-28)21(23-2)24-15-17-7-4-5-8-18(17)16-29-10-6-9-20(29)30/h4-5,7-8H,3,6,9-16H2,1-2H3,(H,23,24). The molecule has 1 aromatic carbocycles. The molecule has 9 heteroatoms. The van der Waals surface area contributed by atoms with E-state index in [0.29, 0.717) is 19.5 Å². The van der Waals surface area contributed by atoms with Crippen LogP contribution in [0.2, 0.25) is 0 Å². The van der Waals surface area contributed by atoms with Crippen LogP contribution in [0.1, 0.15) is 36.7 Å². The first-order chi connectivity index (χ1) is 15.2. The molecule has 0 radical (unpaired) electrons. The number of rotatable bonds is 6. The Morgan fingerprint density at radius 3 is 2.58 bits per heavy atom. The number of anilines is 1. The molecule has 0 unspecified atom stereocenters. The van der Waals surface area contributed by atoms with Gasteiger partial charge in [-0.3, -0.25) is 9.79 Å². The van der Waals surface area contributed by atoms with Crippen molar-refractivity contribution in [2.45, 2.75) is 39.3 Å². The molecule has 2 aromatic rings. The number of aliphatic imine (C=N–C) groups is 1. The van der Waals surface area contributed by atoms with Crippen LogP contribution in [0.25, 0.3) is 0 Å². The smallest absolute Gasteiger partial charge is 0.222 e. The first-order valence-corrected chi connectivity index (χ1v) is 11.8. The molecule has 0 bridgehead atoms. The third-order valence-electron chi connectivity index (χ3n) is 5.92. The average molecular weight is 442 g/mol. The molecule has 0 spiro atoms. The lowest BCUT2D eigenvalue weighted by molar-refractivity contribution is -0.128. The molecular weight excluding hydrogens is 410 g/mol. The Balaban J connectivity index is 1.33. The zero-order chi connectivity index (χ0) is 21.6. The number of piperazine rings is 1. The maximum atomic E-state index is 12.0. The number of carbonyl (C=O) groups excluding carboxylic acids is 1. The number of hydrogen-bond donors (Lipinski definition) is 1. The quantitative estimate of drug-likeness (QED) is 0.547. The monoisotopic (exact) mass is 441 g/mol. The second kappa shape index (κ2) is 10.1. The van der Waals surface area contributed by atoms with Gasteiger partial charge in [0.05, 0.1) is 0 Å². The van der Waals surface area contributed by atoms with Gasteiger partial charge in [0.25, 0.3) is 0 Å². The fraction of sp³-hybridized carbons (Fsp3) is 0.545. The van der Waals surface area contributed by atoms with E-state index in [1.54, 1.807) is 0 Å². The van der Waals surface area contributed by atoms with Gasteiger partial charge in [0.15, 0.2) is 5.96 Å². The predicted molar refractivity (Wildman–Crippen MR) is 124 cm³/mol. The molecule has 1 amide bonds. The van der Waals surface area contributed by atoms with Crippen LogP contribution in [-0.2, 0) is 24.3 Å². The van der Waals surface area contributed by atoms with Gasteiger partial charge in [-0.15, -0.1) is 0 Å². The van der Waals surface area contributed by atoms with Gasteiger partial charge in [-0.25, -0.2) is 4.98 Å². The molecule has 2 aliphatic heterocycles. The molecule has 2 fully saturated rings. The summed E-state index contributed by atoms with van der Waals surface area (Å²) < 4.78 is 4.41. The number of hydrogen-bond acceptors (Lipinski definition) is 6. The summed E-state index contributed by atoms with van der Waals surface area (Å²) in [7, 11) is 1.84. The Morgan fingerprint density at radius 1 is 1.16 bits per heavy atom. The van der Waals surface area contributed by atoms with Crippen LogP contribution in [0, 0.1) is 0 Å². The molecule has 0 saturated carbocycles. The number of aryl methyl sites for hydroxylation is 1. The number of carbonyl (C=O) groups is 1. The first kappa shape index (κ1) is 21.5. The Kier molecular flexibility index (Phi) is 7.01. The molecule has 0 atom stereocenters. The number of nitrogens with one attached hydrogen (secondary N) is 1. The van der Waals surface area contributed by atoms with Gasteiger partial charge in [0.1, 0.15) is 5.82 Å². The summed E-state index contributed by atoms with van der Waals surface area (Å²) in [6.45, 7) is 7.94. The summed E-state index contributed by atoms with van der Waals surface area (Å²) in [5.41, 5.74) is 2.41. The van der Waals surface area contributed by atoms with Gasteiger partial charge < -0.3 is 20.0 Å². The van der Waals surface area contributed by atoms with Crippen LogP contribution in [0.4, 0.5) is 5.13 Å². The van der Waals surface area contributed by atoms with Crippen molar-refractivity contribution in [3.63, 3.8) is 0 Å². The highest BCUT2D eigenvalue weighted by molar-refractivity contribution is 7.09. The van der Waals surface area contributed by atoms with Crippen LogP contribution in [-0.4, -0.2) is 70.8 Å². The number of nitrogens with zero attached hydrogens (tertiary/aromatic N) is 6. The third kappa shape index (κ3) is 5.15. The van der Waals surface area contributed by atoms with E-state index in [4.69, 9.17) is 0 Å². The number of likely N-dealkylation sites (tertiary alicyclic amines) is 1. The van der Waals surface area contributed by atoms with Crippen molar-refractivity contribution in [1.29, 1.82) is 0 Å². The number of aromatic nitrogens is 2. The molecule has 1 N–H and O–H groups in total. The molecular formula is C22H31N7OS. The molecule has 2 aliphatic rings. The van der Waals surface area contributed by atoms with Crippen LogP contribution < -0.4 is 10.2 Å². The maximum Gasteiger partial charge on any atom is 0.222 e. The van der Waals surface area contributed by atoms with E-state index < -0.39 is 0 Å². The lowest BCUT2D eigenvalue weighted by Gasteiger charge is -2.36. The Morgan fingerprint density at radius 2 is 1.94 bits per heavy atom. The van der Waals surface area contributed by atoms with Crippen molar-refractivity contribution in [3.05, 3.63) is 41.2 Å². The number of guanidine groups is 1. The van der Waals surface area contributed by atoms with E-state index in [1.807, 2.05) is 18.0 Å². The van der Waals surface area contributed by atoms with E-state index in [-0.39, 0.29) is 5.91 Å². The number of amides is 1. The second-order valence-corrected chi connectivity index (χ2v) is 8.64. The lowest BCUT2D eigenvalue weighted by Crippen LogP contribution is -2.52. The summed E-state index contributed by atoms with van der Waals surface area (Å²) in [6.07, 6.45) is 2.52. The summed E-state index contributed by atoms with van der Waals surface area (Å²) in [4.78, 5) is 27.7. The fourth-order valence-electron chi connectivity index (χ4n) is 4.09. The molecule has 1 aromatic heterocycles. The van der Waals surface area contributed by atoms with Gasteiger partial charge in [0.2, 0.25) is 11.0 Å². The molecule has 166 valence electrons. The van der Waals surface area contributed by atoms with Crippen molar-refractivity contribution in [1.82, 2.24) is 24.5 Å². The van der Waals surface area contributed by atoms with E-state index in [2.05, 4.69) is 54.6 Å². The highest BCUT2D eigenvalue weighted by atomic mass is 32.1. The van der Waals surface area contributed by atoms with Crippen molar-refractivity contribution in [3.8, 4) is 0 Å². The highest BCUT2D eigenvalue weighted by Gasteiger charge is 2.23. The Labute approximate surface area is 188 Å². The van der Waals surface area contributed by atoms with Crippen molar-refractivity contribution in [2.24, 2.45) is 4.99 Å². The molecule has 8 nitrogen and oxygen atoms in total. The summed E-state index contributed by atoms with van der Waals surface area (Å²) in [5.74, 6) is 2.10. The summed E-state index contributed by atoms with van der Waals surface area (Å²) in [6, 6.07) is 8.36. The minimum atomic E-state index is 0.262. The first-order valence-electron chi connectivity index (χ1n) is 11.1. The van der Waals surface area contributed by atoms with Gasteiger partial charge in [0, 0.05) is 77.2 Å². The molecule has 4 rings (SSSR count). The van der Waals surface area contributed by atoms with E-state index in [0.717, 1.165) is 62.5 Å². The van der Waals surface area contributed by atoms with Gasteiger partial charge in [-0.05, 0) is 17.5 Å². The zero-order valence-corrected chi connectivity index (χ0v) is 19.2. The second-order valence-electron chi connectivity index (χ2n) is 7.91. The molecule has 0 aliphatic carbocycles. The van der Waals surface area contributed by atoms with E-state index in [9.17, 15) is 4.79 Å². The number of benzene rings is 1. The fourth-order valence-corrected chi connectivity index (χ4v) is 4.90. The van der Waals surface area contributed by atoms with Crippen LogP contribution in [0.15, 0.2) is 29.3 Å². The summed E-state index contributed by atoms with van der Waals surface area (Å²) in [5, 5.41) is 4.55. The van der Waals surface area contributed by atoms with Crippen LogP contribution >= 0.6 is 11.5 Å². The molecule has 31 heavy (non-hydrogen) atoms. The van der Waals surface area contributed by atoms with Crippen molar-refractivity contribution in [2.75, 3.05) is 44.7 Å². The zero-order valence-electron chi connectivity index (χ0n) is 18.4. The Bertz CT molecular complexity index is 920. The van der Waals surface area contributed by atoms with E-state index in [1.165, 1.54) is 22.7 Å². The van der Waals surface area contributed by atoms with Gasteiger partial charge in [-0.2, -0.15) is 4.37 Å². The average Bonchev–Trinajstić information content (AvgIpc) is 3.45. The minimum absolute atomic E-state index is 0.262. The largest absolute Gasteiger partial charge is 0.352 e. The normalized spacial score (nSPS) is 17.5. The van der Waals surface area contributed by atoms with Crippen molar-refractivity contribution >= 4 is 28.5 Å². The van der Waals surface area contributed by atoms with Crippen LogP contribution in [0.5, 0.6) is 0 Å². The Hall–Kier alpha value is -2.68. The minimum Gasteiger partial charge on any atom is -0.352 e. The predicted octanol–water partition coefficient (Wildman–Crippen LogP) is 2.12. The van der Waals surface area contributed by atoms with E-state index >= 15 is 0 Å². The lowest BCUT2D eigenvalue weighted by atomic mass is 10.1. The molecule has 2 saturated heterocycles. The summed E-state index contributed by atoms with van der Waals surface area (Å²) >= 11 is 1.49. The topological polar surface area (TPSA) is 77.0 Å². The van der Waals surface area contributed by atoms with Gasteiger partial charge in [-0.1, -0.05) is 31.2 Å². The van der Waals surface area contributed by atoms with Crippen molar-refractivity contribution < 1.29 is 4.79 Å².